The van der Waals surface area contributed by atoms with Crippen molar-refractivity contribution in [3.8, 4) is 0 Å². The molecule has 1 rings (SSSR count). The van der Waals surface area contributed by atoms with Crippen LogP contribution in [-0.2, 0) is 9.59 Å². The maximum Gasteiger partial charge on any atom is 0.305 e. The lowest BCUT2D eigenvalue weighted by atomic mass is 10.2. The van der Waals surface area contributed by atoms with Crippen molar-refractivity contribution in [2.24, 2.45) is 0 Å². The molecular formula is C16H23NO3S. The Morgan fingerprint density at radius 3 is 2.43 bits per heavy atom. The first-order chi connectivity index (χ1) is 10.0. The summed E-state index contributed by atoms with van der Waals surface area (Å²) in [6, 6.07) is 10.1. The van der Waals surface area contributed by atoms with Crippen LogP contribution in [0.5, 0.6) is 0 Å². The van der Waals surface area contributed by atoms with Crippen LogP contribution in [0.3, 0.4) is 0 Å². The highest BCUT2D eigenvalue weighted by atomic mass is 32.2. The molecule has 21 heavy (non-hydrogen) atoms. The molecule has 0 atom stereocenters. The summed E-state index contributed by atoms with van der Waals surface area (Å²) in [6.07, 6.45) is 1.27. The molecule has 0 saturated heterocycles. The van der Waals surface area contributed by atoms with Crippen LogP contribution in [0.2, 0.25) is 0 Å². The second-order valence-corrected chi connectivity index (χ2v) is 6.26. The number of hydrogen-bond donors (Lipinski definition) is 1. The second-order valence-electron chi connectivity index (χ2n) is 5.09. The number of carbonyl (C=O) groups is 2. The van der Waals surface area contributed by atoms with Gasteiger partial charge in [0.2, 0.25) is 5.91 Å². The highest BCUT2D eigenvalue weighted by Crippen LogP contribution is 2.18. The van der Waals surface area contributed by atoms with Crippen LogP contribution >= 0.6 is 11.8 Å². The number of thioether (sulfide) groups is 1. The minimum atomic E-state index is -0.868. The van der Waals surface area contributed by atoms with Crippen LogP contribution in [0.15, 0.2) is 35.2 Å². The predicted molar refractivity (Wildman–Crippen MR) is 85.5 cm³/mol. The van der Waals surface area contributed by atoms with E-state index in [1.807, 2.05) is 32.0 Å². The maximum absolute atomic E-state index is 12.1. The first-order valence-electron chi connectivity index (χ1n) is 7.20. The standard InChI is InChI=1S/C16H23NO3S/c1-13(2)17(11-10-16(19)20)15(18)9-6-12-21-14-7-4-3-5-8-14/h3-5,7-8,13H,6,9-12H2,1-2H3,(H,19,20). The van der Waals surface area contributed by atoms with E-state index in [1.165, 1.54) is 4.90 Å². The van der Waals surface area contributed by atoms with Crippen molar-refractivity contribution in [2.45, 2.75) is 44.0 Å². The largest absolute Gasteiger partial charge is 0.481 e. The van der Waals surface area contributed by atoms with Gasteiger partial charge in [0.15, 0.2) is 0 Å². The van der Waals surface area contributed by atoms with Gasteiger partial charge < -0.3 is 10.0 Å². The van der Waals surface area contributed by atoms with Gasteiger partial charge in [-0.05, 0) is 38.2 Å². The molecule has 0 aliphatic rings. The third-order valence-electron chi connectivity index (χ3n) is 3.06. The number of benzene rings is 1. The van der Waals surface area contributed by atoms with Gasteiger partial charge in [0, 0.05) is 23.9 Å². The Kier molecular flexibility index (Phi) is 7.90. The van der Waals surface area contributed by atoms with Crippen LogP contribution in [0.4, 0.5) is 0 Å². The van der Waals surface area contributed by atoms with Crippen molar-refractivity contribution in [3.05, 3.63) is 30.3 Å². The lowest BCUT2D eigenvalue weighted by molar-refractivity contribution is -0.139. The molecule has 1 N–H and O–H groups in total. The van der Waals surface area contributed by atoms with Gasteiger partial charge in [0.1, 0.15) is 0 Å². The maximum atomic E-state index is 12.1. The number of carboxylic acids is 1. The van der Waals surface area contributed by atoms with Gasteiger partial charge in [-0.3, -0.25) is 9.59 Å². The van der Waals surface area contributed by atoms with Gasteiger partial charge in [0.05, 0.1) is 6.42 Å². The minimum Gasteiger partial charge on any atom is -0.481 e. The predicted octanol–water partition coefficient (Wildman–Crippen LogP) is 3.27. The molecule has 0 heterocycles. The van der Waals surface area contributed by atoms with Crippen LogP contribution in [0, 0.1) is 0 Å². The Labute approximate surface area is 130 Å². The topological polar surface area (TPSA) is 57.6 Å². The van der Waals surface area contributed by atoms with Gasteiger partial charge >= 0.3 is 5.97 Å². The molecule has 4 nitrogen and oxygen atoms in total. The monoisotopic (exact) mass is 309 g/mol. The van der Waals surface area contributed by atoms with E-state index in [0.717, 1.165) is 12.2 Å². The van der Waals surface area contributed by atoms with Crippen molar-refractivity contribution in [2.75, 3.05) is 12.3 Å². The van der Waals surface area contributed by atoms with Gasteiger partial charge in [-0.15, -0.1) is 11.8 Å². The molecule has 5 heteroatoms. The second kappa shape index (κ2) is 9.45. The highest BCUT2D eigenvalue weighted by molar-refractivity contribution is 7.99. The molecule has 1 aromatic rings. The fraction of sp³-hybridized carbons (Fsp3) is 0.500. The van der Waals surface area contributed by atoms with E-state index >= 15 is 0 Å². The summed E-state index contributed by atoms with van der Waals surface area (Å²) in [6.45, 7) is 4.12. The molecule has 0 aliphatic heterocycles. The third kappa shape index (κ3) is 7.18. The lowest BCUT2D eigenvalue weighted by Crippen LogP contribution is -2.38. The van der Waals surface area contributed by atoms with Crippen LogP contribution in [0.1, 0.15) is 33.1 Å². The number of aliphatic carboxylic acids is 1. The molecule has 0 radical (unpaired) electrons. The fourth-order valence-electron chi connectivity index (χ4n) is 1.96. The average molecular weight is 309 g/mol. The van der Waals surface area contributed by atoms with E-state index in [0.29, 0.717) is 6.42 Å². The van der Waals surface area contributed by atoms with E-state index in [4.69, 9.17) is 5.11 Å². The molecule has 0 unspecified atom stereocenters. The minimum absolute atomic E-state index is 0.00266. The molecule has 0 spiro atoms. The van der Waals surface area contributed by atoms with Gasteiger partial charge in [0.25, 0.3) is 0 Å². The van der Waals surface area contributed by atoms with Crippen LogP contribution in [0.25, 0.3) is 0 Å². The number of rotatable bonds is 9. The fourth-order valence-corrected chi connectivity index (χ4v) is 2.83. The Hall–Kier alpha value is -1.49. The summed E-state index contributed by atoms with van der Waals surface area (Å²) >= 11 is 1.74. The normalized spacial score (nSPS) is 10.6. The van der Waals surface area contributed by atoms with E-state index in [1.54, 1.807) is 16.7 Å². The van der Waals surface area contributed by atoms with Crippen molar-refractivity contribution in [1.82, 2.24) is 4.90 Å². The zero-order chi connectivity index (χ0) is 15.7. The molecular weight excluding hydrogens is 286 g/mol. The van der Waals surface area contributed by atoms with Crippen LogP contribution < -0.4 is 0 Å². The van der Waals surface area contributed by atoms with Crippen molar-refractivity contribution in [3.63, 3.8) is 0 Å². The Balaban J connectivity index is 2.31. The number of carbonyl (C=O) groups excluding carboxylic acids is 1. The Morgan fingerprint density at radius 1 is 1.19 bits per heavy atom. The first-order valence-corrected chi connectivity index (χ1v) is 8.18. The van der Waals surface area contributed by atoms with E-state index in [2.05, 4.69) is 12.1 Å². The molecule has 0 bridgehead atoms. The zero-order valence-corrected chi connectivity index (χ0v) is 13.4. The lowest BCUT2D eigenvalue weighted by Gasteiger charge is -2.26. The van der Waals surface area contributed by atoms with Crippen molar-refractivity contribution in [1.29, 1.82) is 0 Å². The smallest absolute Gasteiger partial charge is 0.305 e. The highest BCUT2D eigenvalue weighted by Gasteiger charge is 2.17. The molecule has 1 amide bonds. The summed E-state index contributed by atoms with van der Waals surface area (Å²) in [5, 5.41) is 8.72. The Morgan fingerprint density at radius 2 is 1.86 bits per heavy atom. The van der Waals surface area contributed by atoms with Gasteiger partial charge in [-0.1, -0.05) is 18.2 Å². The van der Waals surface area contributed by atoms with Gasteiger partial charge in [-0.2, -0.15) is 0 Å². The van der Waals surface area contributed by atoms with E-state index < -0.39 is 5.97 Å². The molecule has 0 fully saturated rings. The summed E-state index contributed by atoms with van der Waals surface area (Å²) in [5.74, 6) is 0.0636. The summed E-state index contributed by atoms with van der Waals surface area (Å²) in [7, 11) is 0. The number of carboxylic acid groups (broad SMARTS) is 1. The molecule has 0 aliphatic carbocycles. The summed E-state index contributed by atoms with van der Waals surface area (Å²) in [5.41, 5.74) is 0. The first kappa shape index (κ1) is 17.6. The number of amides is 1. The quantitative estimate of drug-likeness (QED) is 0.562. The number of nitrogens with zero attached hydrogens (tertiary/aromatic N) is 1. The van der Waals surface area contributed by atoms with Gasteiger partial charge in [-0.25, -0.2) is 0 Å². The molecule has 0 aromatic heterocycles. The van der Waals surface area contributed by atoms with Crippen LogP contribution in [-0.4, -0.2) is 40.2 Å². The number of hydrogen-bond acceptors (Lipinski definition) is 3. The van der Waals surface area contributed by atoms with Crippen molar-refractivity contribution >= 4 is 23.6 Å². The SMILES string of the molecule is CC(C)N(CCC(=O)O)C(=O)CCCSc1ccccc1. The average Bonchev–Trinajstić information content (AvgIpc) is 2.44. The zero-order valence-electron chi connectivity index (χ0n) is 12.6. The van der Waals surface area contributed by atoms with E-state index in [9.17, 15) is 9.59 Å². The summed E-state index contributed by atoms with van der Waals surface area (Å²) < 4.78 is 0. The van der Waals surface area contributed by atoms with E-state index in [-0.39, 0.29) is 24.9 Å². The molecule has 0 saturated carbocycles. The Bertz CT molecular complexity index is 448. The van der Waals surface area contributed by atoms with Crippen molar-refractivity contribution < 1.29 is 14.7 Å². The summed E-state index contributed by atoms with van der Waals surface area (Å²) in [4.78, 5) is 25.6. The molecule has 1 aromatic carbocycles. The molecule has 116 valence electrons. The third-order valence-corrected chi connectivity index (χ3v) is 4.16.